The lowest BCUT2D eigenvalue weighted by Crippen LogP contribution is -1.95. The number of hydrogen-bond acceptors (Lipinski definition) is 3. The molecule has 22 heavy (non-hydrogen) atoms. The third-order valence-corrected chi connectivity index (χ3v) is 4.03. The number of pyridine rings is 1. The lowest BCUT2D eigenvalue weighted by atomic mass is 10.1. The lowest BCUT2D eigenvalue weighted by Gasteiger charge is -2.13. The van der Waals surface area contributed by atoms with Gasteiger partial charge in [-0.1, -0.05) is 24.3 Å². The van der Waals surface area contributed by atoms with Crippen LogP contribution in [0, 0.1) is 6.92 Å². The molecule has 4 heteroatoms. The van der Waals surface area contributed by atoms with E-state index in [1.165, 1.54) is 0 Å². The minimum absolute atomic E-state index is 0.780. The molecule has 0 saturated heterocycles. The molecule has 0 bridgehead atoms. The highest BCUT2D eigenvalue weighted by molar-refractivity contribution is 6.13. The number of benzene rings is 2. The molecule has 0 aliphatic heterocycles. The number of nitrogens with zero attached hydrogens (tertiary/aromatic N) is 2. The highest BCUT2D eigenvalue weighted by Crippen LogP contribution is 2.37. The summed E-state index contributed by atoms with van der Waals surface area (Å²) in [6, 6.07) is 12.2. The van der Waals surface area contributed by atoms with E-state index < -0.39 is 0 Å². The molecule has 0 unspecified atom stereocenters. The largest absolute Gasteiger partial charge is 0.497 e. The number of aryl methyl sites for hydroxylation is 1. The van der Waals surface area contributed by atoms with E-state index in [-0.39, 0.29) is 0 Å². The molecule has 0 aliphatic carbocycles. The van der Waals surface area contributed by atoms with E-state index in [0.29, 0.717) is 0 Å². The van der Waals surface area contributed by atoms with Gasteiger partial charge in [-0.05, 0) is 18.4 Å². The van der Waals surface area contributed by atoms with Crippen molar-refractivity contribution in [2.45, 2.75) is 6.92 Å². The van der Waals surface area contributed by atoms with Crippen LogP contribution in [0.2, 0.25) is 0 Å². The van der Waals surface area contributed by atoms with E-state index in [0.717, 1.165) is 44.5 Å². The predicted octanol–water partition coefficient (Wildman–Crippen LogP) is 3.97. The SMILES string of the molecule is COc1cc(OC)c2c(c1)c1ccccc1c1nc(C)cn12. The van der Waals surface area contributed by atoms with E-state index in [2.05, 4.69) is 27.6 Å². The molecule has 0 amide bonds. The predicted molar refractivity (Wildman–Crippen MR) is 88.0 cm³/mol. The van der Waals surface area contributed by atoms with Crippen LogP contribution in [-0.2, 0) is 0 Å². The van der Waals surface area contributed by atoms with Crippen LogP contribution < -0.4 is 9.47 Å². The van der Waals surface area contributed by atoms with Gasteiger partial charge in [0.15, 0.2) is 0 Å². The standard InChI is InChI=1S/C18H16N2O2/c1-11-10-20-17-15(8-12(21-2)9-16(17)22-3)13-6-4-5-7-14(13)18(20)19-11/h4-10H,1-3H3. The van der Waals surface area contributed by atoms with Crippen molar-refractivity contribution in [2.24, 2.45) is 0 Å². The third kappa shape index (κ3) is 1.67. The van der Waals surface area contributed by atoms with Gasteiger partial charge in [-0.25, -0.2) is 4.98 Å². The Labute approximate surface area is 127 Å². The van der Waals surface area contributed by atoms with Crippen molar-refractivity contribution in [2.75, 3.05) is 14.2 Å². The van der Waals surface area contributed by atoms with Crippen molar-refractivity contribution < 1.29 is 9.47 Å². The molecule has 0 radical (unpaired) electrons. The summed E-state index contributed by atoms with van der Waals surface area (Å²) in [6.45, 7) is 2.00. The van der Waals surface area contributed by atoms with Crippen LogP contribution in [0.1, 0.15) is 5.69 Å². The smallest absolute Gasteiger partial charge is 0.147 e. The second-order valence-electron chi connectivity index (χ2n) is 5.35. The number of imidazole rings is 1. The molecular formula is C18H16N2O2. The lowest BCUT2D eigenvalue weighted by molar-refractivity contribution is 0.397. The third-order valence-electron chi connectivity index (χ3n) is 4.03. The summed E-state index contributed by atoms with van der Waals surface area (Å²) >= 11 is 0. The molecule has 110 valence electrons. The molecule has 4 nitrogen and oxygen atoms in total. The summed E-state index contributed by atoms with van der Waals surface area (Å²) in [6.07, 6.45) is 2.04. The maximum absolute atomic E-state index is 5.61. The number of fused-ring (bicyclic) bond motifs is 6. The van der Waals surface area contributed by atoms with Gasteiger partial charge in [-0.3, -0.25) is 4.40 Å². The van der Waals surface area contributed by atoms with Crippen LogP contribution in [0.5, 0.6) is 11.5 Å². The zero-order chi connectivity index (χ0) is 15.3. The first-order valence-corrected chi connectivity index (χ1v) is 7.15. The number of hydrogen-bond donors (Lipinski definition) is 0. The molecule has 0 atom stereocenters. The topological polar surface area (TPSA) is 35.8 Å². The number of ether oxygens (including phenoxy) is 2. The van der Waals surface area contributed by atoms with Crippen molar-refractivity contribution in [1.82, 2.24) is 9.38 Å². The summed E-state index contributed by atoms with van der Waals surface area (Å²) in [4.78, 5) is 4.69. The Morgan fingerprint density at radius 3 is 2.45 bits per heavy atom. The summed E-state index contributed by atoms with van der Waals surface area (Å²) in [5.41, 5.74) is 2.94. The Bertz CT molecular complexity index is 1020. The van der Waals surface area contributed by atoms with E-state index >= 15 is 0 Å². The molecule has 0 fully saturated rings. The van der Waals surface area contributed by atoms with Gasteiger partial charge in [0.2, 0.25) is 0 Å². The van der Waals surface area contributed by atoms with Gasteiger partial charge in [0.05, 0.1) is 25.4 Å². The second kappa shape index (κ2) is 4.63. The quantitative estimate of drug-likeness (QED) is 0.524. The maximum Gasteiger partial charge on any atom is 0.147 e. The second-order valence-corrected chi connectivity index (χ2v) is 5.35. The Hall–Kier alpha value is -2.75. The molecule has 0 saturated carbocycles. The number of rotatable bonds is 2. The average molecular weight is 292 g/mol. The average Bonchev–Trinajstić information content (AvgIpc) is 2.95. The normalized spacial score (nSPS) is 11.4. The molecule has 2 aromatic carbocycles. The monoisotopic (exact) mass is 292 g/mol. The van der Waals surface area contributed by atoms with Gasteiger partial charge in [-0.2, -0.15) is 0 Å². The van der Waals surface area contributed by atoms with E-state index in [1.807, 2.05) is 31.3 Å². The van der Waals surface area contributed by atoms with Crippen molar-refractivity contribution >= 4 is 27.3 Å². The van der Waals surface area contributed by atoms with Crippen molar-refractivity contribution in [3.8, 4) is 11.5 Å². The molecule has 2 heterocycles. The van der Waals surface area contributed by atoms with Gasteiger partial charge in [-0.15, -0.1) is 0 Å². The Kier molecular flexibility index (Phi) is 2.73. The summed E-state index contributed by atoms with van der Waals surface area (Å²) in [5, 5.41) is 3.36. The zero-order valence-corrected chi connectivity index (χ0v) is 12.8. The molecule has 4 rings (SSSR count). The molecule has 0 spiro atoms. The first-order valence-electron chi connectivity index (χ1n) is 7.15. The van der Waals surface area contributed by atoms with Crippen LogP contribution >= 0.6 is 0 Å². The minimum Gasteiger partial charge on any atom is -0.497 e. The first kappa shape index (κ1) is 13.0. The number of aromatic nitrogens is 2. The molecular weight excluding hydrogens is 276 g/mol. The first-order chi connectivity index (χ1) is 10.7. The molecule has 2 aromatic heterocycles. The number of methoxy groups -OCH3 is 2. The van der Waals surface area contributed by atoms with Gasteiger partial charge >= 0.3 is 0 Å². The van der Waals surface area contributed by atoms with Crippen LogP contribution in [-0.4, -0.2) is 23.6 Å². The molecule has 0 aliphatic rings. The zero-order valence-electron chi connectivity index (χ0n) is 12.8. The Morgan fingerprint density at radius 2 is 1.73 bits per heavy atom. The van der Waals surface area contributed by atoms with Crippen molar-refractivity contribution in [3.05, 3.63) is 48.3 Å². The van der Waals surface area contributed by atoms with E-state index in [4.69, 9.17) is 9.47 Å². The summed E-state index contributed by atoms with van der Waals surface area (Å²) in [5.74, 6) is 1.56. The fraction of sp³-hybridized carbons (Fsp3) is 0.167. The minimum atomic E-state index is 0.780. The Morgan fingerprint density at radius 1 is 0.955 bits per heavy atom. The molecule has 0 N–H and O–H groups in total. The van der Waals surface area contributed by atoms with E-state index in [1.54, 1.807) is 14.2 Å². The maximum atomic E-state index is 5.61. The van der Waals surface area contributed by atoms with Crippen LogP contribution in [0.3, 0.4) is 0 Å². The van der Waals surface area contributed by atoms with Crippen LogP contribution in [0.15, 0.2) is 42.6 Å². The summed E-state index contributed by atoms with van der Waals surface area (Å²) < 4.78 is 13.1. The van der Waals surface area contributed by atoms with Crippen molar-refractivity contribution in [3.63, 3.8) is 0 Å². The van der Waals surface area contributed by atoms with E-state index in [9.17, 15) is 0 Å². The van der Waals surface area contributed by atoms with Crippen molar-refractivity contribution in [1.29, 1.82) is 0 Å². The Balaban J connectivity index is 2.36. The van der Waals surface area contributed by atoms with Crippen LogP contribution in [0.25, 0.3) is 27.3 Å². The highest BCUT2D eigenvalue weighted by atomic mass is 16.5. The van der Waals surface area contributed by atoms with Gasteiger partial charge in [0.1, 0.15) is 17.1 Å². The van der Waals surface area contributed by atoms with Crippen LogP contribution in [0.4, 0.5) is 0 Å². The molecule has 4 aromatic rings. The van der Waals surface area contributed by atoms with Gasteiger partial charge < -0.3 is 9.47 Å². The fourth-order valence-electron chi connectivity index (χ4n) is 3.08. The van der Waals surface area contributed by atoms with Gasteiger partial charge in [0.25, 0.3) is 0 Å². The highest BCUT2D eigenvalue weighted by Gasteiger charge is 2.15. The van der Waals surface area contributed by atoms with Gasteiger partial charge in [0, 0.05) is 23.0 Å². The summed E-state index contributed by atoms with van der Waals surface area (Å²) in [7, 11) is 3.35. The fourth-order valence-corrected chi connectivity index (χ4v) is 3.08.